The molecule has 1 aromatic heterocycles. The van der Waals surface area contributed by atoms with Crippen molar-refractivity contribution in [2.24, 2.45) is 20.0 Å². The molecular formula is C15H19BrN2O. The lowest BCUT2D eigenvalue weighted by Crippen LogP contribution is -2.19. The highest BCUT2D eigenvalue weighted by atomic mass is 79.9. The van der Waals surface area contributed by atoms with Crippen molar-refractivity contribution in [3.63, 3.8) is 0 Å². The van der Waals surface area contributed by atoms with Gasteiger partial charge in [0.1, 0.15) is 0 Å². The van der Waals surface area contributed by atoms with Gasteiger partial charge < -0.3 is 0 Å². The van der Waals surface area contributed by atoms with Crippen molar-refractivity contribution in [2.45, 2.75) is 30.5 Å². The van der Waals surface area contributed by atoms with Gasteiger partial charge in [0, 0.05) is 18.9 Å². The van der Waals surface area contributed by atoms with Crippen molar-refractivity contribution in [3.8, 4) is 0 Å². The van der Waals surface area contributed by atoms with Gasteiger partial charge in [-0.05, 0) is 30.0 Å². The Morgan fingerprint density at radius 3 is 2.58 bits per heavy atom. The maximum absolute atomic E-state index is 11.9. The van der Waals surface area contributed by atoms with E-state index in [2.05, 4.69) is 34.1 Å². The van der Waals surface area contributed by atoms with Crippen molar-refractivity contribution in [2.75, 3.05) is 0 Å². The van der Waals surface area contributed by atoms with E-state index >= 15 is 0 Å². The number of halogens is 1. The number of hydrogen-bond acceptors (Lipinski definition) is 1. The van der Waals surface area contributed by atoms with Gasteiger partial charge in [-0.2, -0.15) is 0 Å². The molecule has 1 heterocycles. The number of imidazole rings is 1. The first-order valence-corrected chi connectivity index (χ1v) is 7.79. The van der Waals surface area contributed by atoms with Crippen molar-refractivity contribution in [1.29, 1.82) is 0 Å². The van der Waals surface area contributed by atoms with Crippen LogP contribution in [-0.2, 0) is 14.1 Å². The van der Waals surface area contributed by atoms with Crippen molar-refractivity contribution < 1.29 is 0 Å². The fraction of sp³-hybridized carbons (Fsp3) is 0.533. The molecule has 0 spiro atoms. The molecule has 1 aliphatic rings. The Balaban J connectivity index is 1.96. The fourth-order valence-electron chi connectivity index (χ4n) is 2.88. The van der Waals surface area contributed by atoms with Crippen LogP contribution in [0.15, 0.2) is 23.0 Å². The Hall–Kier alpha value is -1.03. The number of aryl methyl sites for hydroxylation is 2. The van der Waals surface area contributed by atoms with Crippen LogP contribution in [0.5, 0.6) is 0 Å². The number of fused-ring (bicyclic) bond motifs is 1. The second kappa shape index (κ2) is 4.82. The van der Waals surface area contributed by atoms with E-state index in [4.69, 9.17) is 0 Å². The maximum atomic E-state index is 11.9. The van der Waals surface area contributed by atoms with Gasteiger partial charge in [0.2, 0.25) is 0 Å². The molecule has 0 aliphatic heterocycles. The molecule has 19 heavy (non-hydrogen) atoms. The Bertz CT molecular complexity index is 667. The zero-order valence-corrected chi connectivity index (χ0v) is 13.0. The summed E-state index contributed by atoms with van der Waals surface area (Å²) in [5.74, 6) is 0.875. The summed E-state index contributed by atoms with van der Waals surface area (Å²) in [6.07, 6.45) is 5.32. The first kappa shape index (κ1) is 13.0. The van der Waals surface area contributed by atoms with E-state index in [1.54, 1.807) is 9.13 Å². The minimum absolute atomic E-state index is 0.0391. The van der Waals surface area contributed by atoms with E-state index in [9.17, 15) is 4.79 Å². The molecule has 0 radical (unpaired) electrons. The summed E-state index contributed by atoms with van der Waals surface area (Å²) < 4.78 is 3.43. The van der Waals surface area contributed by atoms with Crippen LogP contribution in [0.2, 0.25) is 0 Å². The van der Waals surface area contributed by atoms with Crippen molar-refractivity contribution >= 4 is 27.0 Å². The number of benzene rings is 1. The van der Waals surface area contributed by atoms with E-state index < -0.39 is 0 Å². The van der Waals surface area contributed by atoms with Gasteiger partial charge in [-0.25, -0.2) is 4.79 Å². The van der Waals surface area contributed by atoms with Crippen molar-refractivity contribution in [1.82, 2.24) is 9.13 Å². The van der Waals surface area contributed by atoms with Crippen LogP contribution in [0, 0.1) is 5.92 Å². The molecule has 1 aromatic carbocycles. The largest absolute Gasteiger partial charge is 0.328 e. The second-order valence-electron chi connectivity index (χ2n) is 5.65. The Kier molecular flexibility index (Phi) is 3.29. The molecule has 0 N–H and O–H groups in total. The van der Waals surface area contributed by atoms with Gasteiger partial charge in [-0.1, -0.05) is 41.3 Å². The lowest BCUT2D eigenvalue weighted by atomic mass is 9.81. The topological polar surface area (TPSA) is 26.9 Å². The standard InChI is InChI=1S/C15H19BrN2O/c1-17-13-7-6-11(9-14(13)18(2)15(17)19)12(16)8-10-4-3-5-10/h6-7,9-10,12H,3-5,8H2,1-2H3. The smallest absolute Gasteiger partial charge is 0.295 e. The van der Waals surface area contributed by atoms with Crippen molar-refractivity contribution in [3.05, 3.63) is 34.2 Å². The van der Waals surface area contributed by atoms with Crippen LogP contribution < -0.4 is 5.69 Å². The lowest BCUT2D eigenvalue weighted by molar-refractivity contribution is 0.295. The van der Waals surface area contributed by atoms with E-state index in [-0.39, 0.29) is 5.69 Å². The molecular weight excluding hydrogens is 304 g/mol. The van der Waals surface area contributed by atoms with Crippen LogP contribution in [0.3, 0.4) is 0 Å². The van der Waals surface area contributed by atoms with Gasteiger partial charge in [0.05, 0.1) is 11.0 Å². The highest BCUT2D eigenvalue weighted by Gasteiger charge is 2.22. The quantitative estimate of drug-likeness (QED) is 0.794. The predicted octanol–water partition coefficient (Wildman–Crippen LogP) is 3.50. The van der Waals surface area contributed by atoms with Gasteiger partial charge in [-0.3, -0.25) is 9.13 Å². The summed E-state index contributed by atoms with van der Waals surface area (Å²) >= 11 is 3.80. The highest BCUT2D eigenvalue weighted by molar-refractivity contribution is 9.09. The van der Waals surface area contributed by atoms with E-state index in [1.807, 2.05) is 14.1 Å². The van der Waals surface area contributed by atoms with Crippen LogP contribution in [0.4, 0.5) is 0 Å². The van der Waals surface area contributed by atoms with Crippen LogP contribution in [0.25, 0.3) is 11.0 Å². The number of hydrogen-bond donors (Lipinski definition) is 0. The first-order chi connectivity index (χ1) is 9.08. The lowest BCUT2D eigenvalue weighted by Gasteiger charge is -2.27. The molecule has 0 bridgehead atoms. The monoisotopic (exact) mass is 322 g/mol. The zero-order valence-electron chi connectivity index (χ0n) is 11.4. The third-order valence-electron chi connectivity index (χ3n) is 4.42. The summed E-state index contributed by atoms with van der Waals surface area (Å²) in [5, 5.41) is 0. The third kappa shape index (κ3) is 2.16. The van der Waals surface area contributed by atoms with Gasteiger partial charge in [0.25, 0.3) is 0 Å². The van der Waals surface area contributed by atoms with Crippen LogP contribution >= 0.6 is 15.9 Å². The van der Waals surface area contributed by atoms with Crippen LogP contribution in [0.1, 0.15) is 36.1 Å². The molecule has 3 rings (SSSR count). The Morgan fingerprint density at radius 1 is 1.26 bits per heavy atom. The summed E-state index contributed by atoms with van der Waals surface area (Å²) in [6, 6.07) is 6.34. The van der Waals surface area contributed by atoms with E-state index in [1.165, 1.54) is 31.2 Å². The third-order valence-corrected chi connectivity index (χ3v) is 5.33. The minimum Gasteiger partial charge on any atom is -0.295 e. The number of alkyl halides is 1. The van der Waals surface area contributed by atoms with Crippen LogP contribution in [-0.4, -0.2) is 9.13 Å². The normalized spacial score (nSPS) is 17.6. The Labute approximate surface area is 121 Å². The summed E-state index contributed by atoms with van der Waals surface area (Å²) in [7, 11) is 3.66. The number of rotatable bonds is 3. The average molecular weight is 323 g/mol. The first-order valence-electron chi connectivity index (χ1n) is 6.87. The molecule has 0 saturated heterocycles. The molecule has 2 aromatic rings. The summed E-state index contributed by atoms with van der Waals surface area (Å²) in [6.45, 7) is 0. The SMILES string of the molecule is Cn1c(=O)n(C)c2cc(C(Br)CC3CCC3)ccc21. The molecule has 0 amide bonds. The Morgan fingerprint density at radius 2 is 1.95 bits per heavy atom. The average Bonchev–Trinajstić information content (AvgIpc) is 2.58. The van der Waals surface area contributed by atoms with E-state index in [0.717, 1.165) is 17.0 Å². The molecule has 1 unspecified atom stereocenters. The molecule has 1 saturated carbocycles. The second-order valence-corrected chi connectivity index (χ2v) is 6.75. The van der Waals surface area contributed by atoms with Gasteiger partial charge in [0.15, 0.2) is 0 Å². The summed E-state index contributed by atoms with van der Waals surface area (Å²) in [4.78, 5) is 12.3. The summed E-state index contributed by atoms with van der Waals surface area (Å²) in [5.41, 5.74) is 3.33. The zero-order chi connectivity index (χ0) is 13.6. The molecule has 1 atom stereocenters. The van der Waals surface area contributed by atoms with Gasteiger partial charge in [-0.15, -0.1) is 0 Å². The molecule has 1 aliphatic carbocycles. The fourth-order valence-corrected chi connectivity index (χ4v) is 3.69. The molecule has 4 heteroatoms. The molecule has 1 fully saturated rings. The van der Waals surface area contributed by atoms with E-state index in [0.29, 0.717) is 4.83 Å². The number of nitrogens with zero attached hydrogens (tertiary/aromatic N) is 2. The minimum atomic E-state index is 0.0391. The molecule has 102 valence electrons. The number of aromatic nitrogens is 2. The highest BCUT2D eigenvalue weighted by Crippen LogP contribution is 2.39. The maximum Gasteiger partial charge on any atom is 0.328 e. The molecule has 3 nitrogen and oxygen atoms in total. The predicted molar refractivity (Wildman–Crippen MR) is 81.8 cm³/mol. The van der Waals surface area contributed by atoms with Gasteiger partial charge >= 0.3 is 5.69 Å².